The number of nitrogens with zero attached hydrogens (tertiary/aromatic N) is 1. The molecule has 0 heterocycles. The van der Waals surface area contributed by atoms with Gasteiger partial charge in [-0.05, 0) is 65.0 Å². The van der Waals surface area contributed by atoms with Gasteiger partial charge in [0.15, 0.2) is 0 Å². The fourth-order valence-corrected chi connectivity index (χ4v) is 3.06. The van der Waals surface area contributed by atoms with Crippen molar-refractivity contribution < 1.29 is 0 Å². The second kappa shape index (κ2) is 8.38. The number of nitrogens with one attached hydrogen (secondary N) is 1. The van der Waals surface area contributed by atoms with Gasteiger partial charge in [0.25, 0.3) is 0 Å². The van der Waals surface area contributed by atoms with Gasteiger partial charge in [0.1, 0.15) is 0 Å². The van der Waals surface area contributed by atoms with Crippen LogP contribution in [-0.2, 0) is 0 Å². The molecule has 1 atom stereocenters. The molecule has 0 radical (unpaired) electrons. The van der Waals surface area contributed by atoms with Gasteiger partial charge in [-0.15, -0.1) is 0 Å². The Morgan fingerprint density at radius 2 is 1.70 bits per heavy atom. The van der Waals surface area contributed by atoms with Crippen LogP contribution in [0.5, 0.6) is 0 Å². The lowest BCUT2D eigenvalue weighted by atomic mass is 10.0. The molecule has 1 rings (SSSR count). The third-order valence-electron chi connectivity index (χ3n) is 4.36. The first kappa shape index (κ1) is 18.0. The molecule has 0 bridgehead atoms. The van der Waals surface area contributed by atoms with Gasteiger partial charge in [-0.3, -0.25) is 0 Å². The van der Waals surface area contributed by atoms with Crippen molar-refractivity contribution in [2.45, 2.75) is 85.2 Å². The molecule has 0 aromatic heterocycles. The Labute approximate surface area is 127 Å². The van der Waals surface area contributed by atoms with Gasteiger partial charge in [-0.2, -0.15) is 0 Å². The first-order valence-electron chi connectivity index (χ1n) is 8.77. The van der Waals surface area contributed by atoms with Gasteiger partial charge in [0.2, 0.25) is 0 Å². The lowest BCUT2D eigenvalue weighted by Gasteiger charge is -2.33. The van der Waals surface area contributed by atoms with E-state index < -0.39 is 0 Å². The Morgan fingerprint density at radius 1 is 1.10 bits per heavy atom. The topological polar surface area (TPSA) is 15.3 Å². The van der Waals surface area contributed by atoms with Crippen molar-refractivity contribution in [2.24, 2.45) is 11.8 Å². The van der Waals surface area contributed by atoms with Gasteiger partial charge in [-0.25, -0.2) is 0 Å². The molecule has 0 spiro atoms. The molecule has 1 unspecified atom stereocenters. The van der Waals surface area contributed by atoms with Gasteiger partial charge in [-0.1, -0.05) is 33.6 Å². The van der Waals surface area contributed by atoms with E-state index in [0.717, 1.165) is 24.4 Å². The average Bonchev–Trinajstić information content (AvgIpc) is 2.84. The summed E-state index contributed by atoms with van der Waals surface area (Å²) >= 11 is 0. The van der Waals surface area contributed by atoms with E-state index in [1.54, 1.807) is 0 Å². The van der Waals surface area contributed by atoms with Gasteiger partial charge in [0, 0.05) is 18.1 Å². The molecule has 1 fully saturated rings. The van der Waals surface area contributed by atoms with E-state index in [0.29, 0.717) is 0 Å². The van der Waals surface area contributed by atoms with E-state index in [9.17, 15) is 0 Å². The van der Waals surface area contributed by atoms with Gasteiger partial charge < -0.3 is 10.2 Å². The van der Waals surface area contributed by atoms with Gasteiger partial charge in [0.05, 0.1) is 0 Å². The molecular formula is C18H38N2. The maximum absolute atomic E-state index is 3.66. The molecule has 1 aliphatic rings. The zero-order valence-corrected chi connectivity index (χ0v) is 14.8. The quantitative estimate of drug-likeness (QED) is 0.714. The standard InChI is InChI=1S/C18H38N2/c1-15(2)11-12-20(17-9-7-8-10-17)14-16(3)13-19-18(4,5)6/h15-17,19H,7-14H2,1-6H3. The van der Waals surface area contributed by atoms with Crippen molar-refractivity contribution >= 4 is 0 Å². The molecule has 1 aliphatic carbocycles. The van der Waals surface area contributed by atoms with E-state index in [4.69, 9.17) is 0 Å². The molecule has 0 aromatic rings. The van der Waals surface area contributed by atoms with Crippen molar-refractivity contribution in [3.63, 3.8) is 0 Å². The first-order chi connectivity index (χ1) is 9.28. The van der Waals surface area contributed by atoms with Crippen LogP contribution in [0.25, 0.3) is 0 Å². The Kier molecular flexibility index (Phi) is 7.53. The van der Waals surface area contributed by atoms with Gasteiger partial charge >= 0.3 is 0 Å². The highest BCUT2D eigenvalue weighted by Crippen LogP contribution is 2.25. The third-order valence-corrected chi connectivity index (χ3v) is 4.36. The Hall–Kier alpha value is -0.0800. The summed E-state index contributed by atoms with van der Waals surface area (Å²) in [7, 11) is 0. The monoisotopic (exact) mass is 282 g/mol. The molecule has 1 saturated carbocycles. The summed E-state index contributed by atoms with van der Waals surface area (Å²) in [5.74, 6) is 1.56. The van der Waals surface area contributed by atoms with Crippen molar-refractivity contribution in [1.29, 1.82) is 0 Å². The lowest BCUT2D eigenvalue weighted by molar-refractivity contribution is 0.160. The molecule has 0 amide bonds. The smallest absolute Gasteiger partial charge is 0.00966 e. The zero-order chi connectivity index (χ0) is 15.2. The van der Waals surface area contributed by atoms with Crippen LogP contribution in [0.3, 0.4) is 0 Å². The van der Waals surface area contributed by atoms with E-state index in [1.165, 1.54) is 45.2 Å². The largest absolute Gasteiger partial charge is 0.312 e. The van der Waals surface area contributed by atoms with E-state index in [2.05, 4.69) is 51.8 Å². The van der Waals surface area contributed by atoms with Crippen LogP contribution in [0.2, 0.25) is 0 Å². The number of hydrogen-bond acceptors (Lipinski definition) is 2. The second-order valence-electron chi connectivity index (χ2n) is 8.35. The minimum atomic E-state index is 0.240. The summed E-state index contributed by atoms with van der Waals surface area (Å²) in [5, 5.41) is 3.66. The Morgan fingerprint density at radius 3 is 2.20 bits per heavy atom. The highest BCUT2D eigenvalue weighted by Gasteiger charge is 2.24. The average molecular weight is 283 g/mol. The lowest BCUT2D eigenvalue weighted by Crippen LogP contribution is -2.43. The maximum Gasteiger partial charge on any atom is 0.00966 e. The van der Waals surface area contributed by atoms with Crippen LogP contribution in [-0.4, -0.2) is 36.1 Å². The molecule has 1 N–H and O–H groups in total. The molecule has 20 heavy (non-hydrogen) atoms. The first-order valence-corrected chi connectivity index (χ1v) is 8.77. The summed E-state index contributed by atoms with van der Waals surface area (Å²) in [6.07, 6.45) is 7.08. The van der Waals surface area contributed by atoms with Crippen molar-refractivity contribution in [2.75, 3.05) is 19.6 Å². The second-order valence-corrected chi connectivity index (χ2v) is 8.35. The Balaban J connectivity index is 2.41. The minimum absolute atomic E-state index is 0.240. The molecule has 0 saturated heterocycles. The SMILES string of the molecule is CC(C)CCN(CC(C)CNC(C)(C)C)C1CCCC1. The summed E-state index contributed by atoms with van der Waals surface area (Å²) in [5.41, 5.74) is 0.240. The number of rotatable bonds is 8. The van der Waals surface area contributed by atoms with Crippen LogP contribution >= 0.6 is 0 Å². The van der Waals surface area contributed by atoms with E-state index >= 15 is 0 Å². The molecule has 0 aromatic carbocycles. The molecule has 2 heteroatoms. The Bertz CT molecular complexity index is 249. The fourth-order valence-electron chi connectivity index (χ4n) is 3.06. The molecule has 2 nitrogen and oxygen atoms in total. The highest BCUT2D eigenvalue weighted by molar-refractivity contribution is 4.80. The predicted octanol–water partition coefficient (Wildman–Crippen LogP) is 4.30. The van der Waals surface area contributed by atoms with Crippen molar-refractivity contribution in [3.05, 3.63) is 0 Å². The van der Waals surface area contributed by atoms with Crippen LogP contribution in [0.15, 0.2) is 0 Å². The highest BCUT2D eigenvalue weighted by atomic mass is 15.2. The van der Waals surface area contributed by atoms with E-state index in [1.807, 2.05) is 0 Å². The maximum atomic E-state index is 3.66. The summed E-state index contributed by atoms with van der Waals surface area (Å²) in [4.78, 5) is 2.79. The minimum Gasteiger partial charge on any atom is -0.312 e. The predicted molar refractivity (Wildman–Crippen MR) is 90.2 cm³/mol. The zero-order valence-electron chi connectivity index (χ0n) is 14.8. The third kappa shape index (κ3) is 7.64. The number of hydrogen-bond donors (Lipinski definition) is 1. The summed E-state index contributed by atoms with van der Waals surface area (Å²) in [6.45, 7) is 17.6. The summed E-state index contributed by atoms with van der Waals surface area (Å²) in [6, 6.07) is 0.867. The van der Waals surface area contributed by atoms with Crippen molar-refractivity contribution in [3.8, 4) is 0 Å². The van der Waals surface area contributed by atoms with E-state index in [-0.39, 0.29) is 5.54 Å². The van der Waals surface area contributed by atoms with Crippen LogP contribution < -0.4 is 5.32 Å². The molecule has 120 valence electrons. The fraction of sp³-hybridized carbons (Fsp3) is 1.00. The van der Waals surface area contributed by atoms with Crippen LogP contribution in [0.1, 0.15) is 73.6 Å². The normalized spacial score (nSPS) is 19.2. The summed E-state index contributed by atoms with van der Waals surface area (Å²) < 4.78 is 0. The van der Waals surface area contributed by atoms with Crippen LogP contribution in [0.4, 0.5) is 0 Å². The van der Waals surface area contributed by atoms with Crippen molar-refractivity contribution in [1.82, 2.24) is 10.2 Å². The molecular weight excluding hydrogens is 244 g/mol. The van der Waals surface area contributed by atoms with Crippen LogP contribution in [0, 0.1) is 11.8 Å². The molecule has 0 aliphatic heterocycles.